The van der Waals surface area contributed by atoms with Crippen LogP contribution in [0.25, 0.3) is 11.3 Å². The van der Waals surface area contributed by atoms with Gasteiger partial charge in [-0.05, 0) is 42.0 Å². The summed E-state index contributed by atoms with van der Waals surface area (Å²) in [6.45, 7) is 0.169. The van der Waals surface area contributed by atoms with Crippen molar-refractivity contribution in [2.75, 3.05) is 5.43 Å². The Labute approximate surface area is 186 Å². The third-order valence-electron chi connectivity index (χ3n) is 4.24. The zero-order valence-corrected chi connectivity index (χ0v) is 18.2. The Balaban J connectivity index is 1.31. The summed E-state index contributed by atoms with van der Waals surface area (Å²) in [6.07, 6.45) is 1.71. The Morgan fingerprint density at radius 1 is 1.07 bits per heavy atom. The smallest absolute Gasteiger partial charge is 0.203 e. The largest absolute Gasteiger partial charge is 0.489 e. The zero-order valence-electron chi connectivity index (χ0n) is 15.8. The highest BCUT2D eigenvalue weighted by molar-refractivity contribution is 9.10. The van der Waals surface area contributed by atoms with Gasteiger partial charge < -0.3 is 4.74 Å². The molecule has 0 unspecified atom stereocenters. The molecule has 4 rings (SSSR count). The Hall–Kier alpha value is -3.03. The number of hydrogen-bond donors (Lipinski definition) is 1. The fourth-order valence-electron chi connectivity index (χ4n) is 2.68. The van der Waals surface area contributed by atoms with Crippen LogP contribution in [0.1, 0.15) is 11.1 Å². The molecule has 0 radical (unpaired) electrons. The third-order valence-corrected chi connectivity index (χ3v) is 5.48. The molecule has 0 bridgehead atoms. The van der Waals surface area contributed by atoms with Gasteiger partial charge in [0.2, 0.25) is 5.13 Å². The summed E-state index contributed by atoms with van der Waals surface area (Å²) in [5.74, 6) is 0.367. The zero-order chi connectivity index (χ0) is 20.8. The summed E-state index contributed by atoms with van der Waals surface area (Å²) < 4.78 is 20.2. The number of aromatic nitrogens is 1. The van der Waals surface area contributed by atoms with Crippen LogP contribution in [-0.2, 0) is 6.61 Å². The molecule has 0 saturated carbocycles. The standard InChI is InChI=1S/C23H17BrFN3OS/c24-19-9-8-18(21(25)12-19)14-29-20-10-6-16(7-11-20)13-26-28-23-27-22(15-30-23)17-4-2-1-3-5-17/h1-13,15H,14H2,(H,27,28). The summed E-state index contributed by atoms with van der Waals surface area (Å²) in [6, 6.07) is 22.4. The third kappa shape index (κ3) is 5.31. The number of nitrogens with one attached hydrogen (secondary N) is 1. The van der Waals surface area contributed by atoms with E-state index in [4.69, 9.17) is 4.74 Å². The van der Waals surface area contributed by atoms with Gasteiger partial charge in [-0.15, -0.1) is 11.3 Å². The lowest BCUT2D eigenvalue weighted by atomic mass is 10.2. The fraction of sp³-hybridized carbons (Fsp3) is 0.0435. The van der Waals surface area contributed by atoms with Gasteiger partial charge in [0.25, 0.3) is 0 Å². The van der Waals surface area contributed by atoms with Gasteiger partial charge in [-0.2, -0.15) is 5.10 Å². The molecule has 4 nitrogen and oxygen atoms in total. The fourth-order valence-corrected chi connectivity index (χ4v) is 3.68. The molecule has 0 amide bonds. The predicted molar refractivity (Wildman–Crippen MR) is 124 cm³/mol. The maximum Gasteiger partial charge on any atom is 0.203 e. The topological polar surface area (TPSA) is 46.5 Å². The van der Waals surface area contributed by atoms with Crippen LogP contribution in [0, 0.1) is 5.82 Å². The molecule has 1 heterocycles. The van der Waals surface area contributed by atoms with Crippen molar-refractivity contribution in [1.29, 1.82) is 0 Å². The SMILES string of the molecule is Fc1cc(Br)ccc1COc1ccc(C=NNc2nc(-c3ccccc3)cs2)cc1. The van der Waals surface area contributed by atoms with Crippen LogP contribution in [-0.4, -0.2) is 11.2 Å². The summed E-state index contributed by atoms with van der Waals surface area (Å²) >= 11 is 4.74. The van der Waals surface area contributed by atoms with Crippen molar-refractivity contribution < 1.29 is 9.13 Å². The Morgan fingerprint density at radius 3 is 2.63 bits per heavy atom. The lowest BCUT2D eigenvalue weighted by Gasteiger charge is -2.07. The monoisotopic (exact) mass is 481 g/mol. The number of nitrogens with zero attached hydrogens (tertiary/aromatic N) is 2. The molecule has 0 aliphatic carbocycles. The number of ether oxygens (including phenoxy) is 1. The number of halogens is 2. The number of thiazole rings is 1. The maximum absolute atomic E-state index is 13.9. The van der Waals surface area contributed by atoms with E-state index in [0.29, 0.717) is 15.8 Å². The van der Waals surface area contributed by atoms with Gasteiger partial charge in [0.15, 0.2) is 0 Å². The van der Waals surface area contributed by atoms with Crippen molar-refractivity contribution in [3.63, 3.8) is 0 Å². The summed E-state index contributed by atoms with van der Waals surface area (Å²) in [7, 11) is 0. The molecule has 0 saturated heterocycles. The first-order chi connectivity index (χ1) is 14.7. The molecule has 0 atom stereocenters. The highest BCUT2D eigenvalue weighted by atomic mass is 79.9. The minimum Gasteiger partial charge on any atom is -0.489 e. The highest BCUT2D eigenvalue weighted by Crippen LogP contribution is 2.24. The Morgan fingerprint density at radius 2 is 1.87 bits per heavy atom. The van der Waals surface area contributed by atoms with E-state index in [0.717, 1.165) is 22.0 Å². The summed E-state index contributed by atoms with van der Waals surface area (Å²) in [5, 5.41) is 6.96. The molecule has 0 aliphatic heterocycles. The van der Waals surface area contributed by atoms with Crippen molar-refractivity contribution in [3.8, 4) is 17.0 Å². The number of anilines is 1. The van der Waals surface area contributed by atoms with Gasteiger partial charge in [-0.3, -0.25) is 5.43 Å². The number of rotatable bonds is 7. The van der Waals surface area contributed by atoms with E-state index in [1.807, 2.05) is 60.0 Å². The van der Waals surface area contributed by atoms with E-state index in [-0.39, 0.29) is 12.4 Å². The van der Waals surface area contributed by atoms with E-state index in [2.05, 4.69) is 31.4 Å². The lowest BCUT2D eigenvalue weighted by Crippen LogP contribution is -1.98. The van der Waals surface area contributed by atoms with Crippen LogP contribution in [0.4, 0.5) is 9.52 Å². The molecule has 0 spiro atoms. The van der Waals surface area contributed by atoms with Crippen LogP contribution in [0.5, 0.6) is 5.75 Å². The first kappa shape index (κ1) is 20.3. The van der Waals surface area contributed by atoms with Crippen LogP contribution < -0.4 is 10.2 Å². The first-order valence-electron chi connectivity index (χ1n) is 9.14. The molecule has 0 fully saturated rings. The number of benzene rings is 3. The van der Waals surface area contributed by atoms with Crippen LogP contribution >= 0.6 is 27.3 Å². The molecule has 1 aromatic heterocycles. The minimum absolute atomic E-state index is 0.169. The molecule has 0 aliphatic rings. The van der Waals surface area contributed by atoms with Gasteiger partial charge in [-0.25, -0.2) is 9.37 Å². The van der Waals surface area contributed by atoms with Gasteiger partial charge >= 0.3 is 0 Å². The average molecular weight is 482 g/mol. The minimum atomic E-state index is -0.295. The quantitative estimate of drug-likeness (QED) is 0.235. The normalized spacial score (nSPS) is 11.0. The Bertz CT molecular complexity index is 1150. The van der Waals surface area contributed by atoms with E-state index < -0.39 is 0 Å². The van der Waals surface area contributed by atoms with Gasteiger partial charge in [0.05, 0.1) is 11.9 Å². The van der Waals surface area contributed by atoms with Gasteiger partial charge in [0, 0.05) is 21.0 Å². The second-order valence-electron chi connectivity index (χ2n) is 6.37. The van der Waals surface area contributed by atoms with Crippen LogP contribution in [0.15, 0.2) is 87.8 Å². The lowest BCUT2D eigenvalue weighted by molar-refractivity contribution is 0.300. The molecule has 3 aromatic carbocycles. The maximum atomic E-state index is 13.9. The van der Waals surface area contributed by atoms with Crippen LogP contribution in [0.3, 0.4) is 0 Å². The van der Waals surface area contributed by atoms with Crippen LogP contribution in [0.2, 0.25) is 0 Å². The van der Waals surface area contributed by atoms with E-state index >= 15 is 0 Å². The number of hydrazone groups is 1. The van der Waals surface area contributed by atoms with E-state index in [1.165, 1.54) is 17.4 Å². The van der Waals surface area contributed by atoms with E-state index in [1.54, 1.807) is 18.3 Å². The van der Waals surface area contributed by atoms with Crippen molar-refractivity contribution in [3.05, 3.63) is 99.6 Å². The van der Waals surface area contributed by atoms with Gasteiger partial charge in [-0.1, -0.05) is 52.3 Å². The summed E-state index contributed by atoms with van der Waals surface area (Å²) in [5.41, 5.74) is 6.36. The molecular weight excluding hydrogens is 465 g/mol. The van der Waals surface area contributed by atoms with Crippen molar-refractivity contribution in [2.45, 2.75) is 6.61 Å². The molecule has 7 heteroatoms. The van der Waals surface area contributed by atoms with Crippen molar-refractivity contribution in [2.24, 2.45) is 5.10 Å². The Kier molecular flexibility index (Phi) is 6.51. The average Bonchev–Trinajstić information content (AvgIpc) is 3.24. The second kappa shape index (κ2) is 9.65. The van der Waals surface area contributed by atoms with Gasteiger partial charge in [0.1, 0.15) is 18.2 Å². The predicted octanol–water partition coefficient (Wildman–Crippen LogP) is 6.74. The molecule has 150 valence electrons. The number of hydrogen-bond acceptors (Lipinski definition) is 5. The molecule has 1 N–H and O–H groups in total. The second-order valence-corrected chi connectivity index (χ2v) is 8.14. The van der Waals surface area contributed by atoms with E-state index in [9.17, 15) is 4.39 Å². The van der Waals surface area contributed by atoms with Crippen molar-refractivity contribution >= 4 is 38.6 Å². The summed E-state index contributed by atoms with van der Waals surface area (Å²) in [4.78, 5) is 4.53. The molecular formula is C23H17BrFN3OS. The highest BCUT2D eigenvalue weighted by Gasteiger charge is 2.04. The first-order valence-corrected chi connectivity index (χ1v) is 10.8. The molecule has 30 heavy (non-hydrogen) atoms. The van der Waals surface area contributed by atoms with Crippen molar-refractivity contribution in [1.82, 2.24) is 4.98 Å². The molecule has 4 aromatic rings.